The van der Waals surface area contributed by atoms with Gasteiger partial charge in [-0.05, 0) is 78.3 Å². The Labute approximate surface area is 244 Å². The van der Waals surface area contributed by atoms with E-state index in [2.05, 4.69) is 27.6 Å². The van der Waals surface area contributed by atoms with E-state index in [1.807, 2.05) is 18.2 Å². The fourth-order valence-corrected chi connectivity index (χ4v) is 5.20. The van der Waals surface area contributed by atoms with Crippen LogP contribution in [-0.2, 0) is 13.0 Å². The molecule has 208 valence electrons. The van der Waals surface area contributed by atoms with Crippen molar-refractivity contribution in [2.24, 2.45) is 15.8 Å². The predicted molar refractivity (Wildman–Crippen MR) is 160 cm³/mol. The number of nitrogens with one attached hydrogen (secondary N) is 2. The van der Waals surface area contributed by atoms with Gasteiger partial charge in [-0.25, -0.2) is 10.3 Å². The van der Waals surface area contributed by atoms with Gasteiger partial charge in [-0.15, -0.1) is 5.11 Å². The van der Waals surface area contributed by atoms with Crippen molar-refractivity contribution in [2.75, 3.05) is 11.4 Å². The summed E-state index contributed by atoms with van der Waals surface area (Å²) < 4.78 is 0. The van der Waals surface area contributed by atoms with Gasteiger partial charge < -0.3 is 11.1 Å². The molecule has 3 amide bonds. The Bertz CT molecular complexity index is 1370. The van der Waals surface area contributed by atoms with Crippen molar-refractivity contribution in [1.29, 1.82) is 5.53 Å². The standard InChI is InChI=1S/C30H32Cl2N6O2/c31-26-15-8-20(18-27(26)32)16-17-35-30(40)38(25-13-11-23(12-14-25)22-4-2-1-3-5-22)19-21-6-9-24(10-7-21)28(39)36-29(33)37-34/h6-15,18,22,34H,1-5,16-17,19H2,(H,35,40)(H2,33,36,39). The van der Waals surface area contributed by atoms with E-state index in [-0.39, 0.29) is 6.03 Å². The SMILES string of the molecule is N=NC(N)=NC(=O)c1ccc(CN(C(=O)NCCc2ccc(Cl)c(Cl)c2)c2ccc(C3CCCCC3)cc2)cc1. The molecular weight excluding hydrogens is 547 g/mol. The number of nitrogens with zero attached hydrogens (tertiary/aromatic N) is 3. The molecule has 3 aromatic rings. The minimum absolute atomic E-state index is 0.236. The number of urea groups is 1. The number of rotatable bonds is 8. The molecule has 1 aliphatic rings. The summed E-state index contributed by atoms with van der Waals surface area (Å²) in [5.41, 5.74) is 16.4. The molecule has 1 fully saturated rings. The summed E-state index contributed by atoms with van der Waals surface area (Å²) in [6.07, 6.45) is 6.82. The second-order valence-electron chi connectivity index (χ2n) is 9.83. The van der Waals surface area contributed by atoms with E-state index in [4.69, 9.17) is 34.5 Å². The van der Waals surface area contributed by atoms with Crippen LogP contribution in [0.4, 0.5) is 10.5 Å². The number of hydrogen-bond acceptors (Lipinski definition) is 3. The quantitative estimate of drug-likeness (QED) is 0.146. The summed E-state index contributed by atoms with van der Waals surface area (Å²) in [7, 11) is 0. The first kappa shape index (κ1) is 29.2. The molecule has 1 saturated carbocycles. The van der Waals surface area contributed by atoms with Crippen molar-refractivity contribution in [3.05, 3.63) is 99.0 Å². The minimum Gasteiger partial charge on any atom is -0.366 e. The first-order valence-corrected chi connectivity index (χ1v) is 14.0. The molecule has 0 aliphatic heterocycles. The molecule has 0 bridgehead atoms. The van der Waals surface area contributed by atoms with Gasteiger partial charge in [0.2, 0.25) is 5.96 Å². The lowest BCUT2D eigenvalue weighted by atomic mass is 9.84. The van der Waals surface area contributed by atoms with Crippen LogP contribution in [-0.4, -0.2) is 24.4 Å². The molecule has 0 saturated heterocycles. The van der Waals surface area contributed by atoms with Crippen LogP contribution in [0.25, 0.3) is 0 Å². The number of aliphatic imine (C=N–C) groups is 1. The highest BCUT2D eigenvalue weighted by Crippen LogP contribution is 2.33. The van der Waals surface area contributed by atoms with Crippen LogP contribution >= 0.6 is 23.2 Å². The maximum atomic E-state index is 13.4. The highest BCUT2D eigenvalue weighted by Gasteiger charge is 2.19. The molecule has 0 heterocycles. The van der Waals surface area contributed by atoms with Gasteiger partial charge in [-0.2, -0.15) is 4.99 Å². The summed E-state index contributed by atoms with van der Waals surface area (Å²) in [6, 6.07) is 20.2. The lowest BCUT2D eigenvalue weighted by molar-refractivity contribution is 0.100. The predicted octanol–water partition coefficient (Wildman–Crippen LogP) is 7.49. The molecule has 0 aromatic heterocycles. The van der Waals surface area contributed by atoms with Crippen molar-refractivity contribution in [3.8, 4) is 0 Å². The Morgan fingerprint density at radius 2 is 1.60 bits per heavy atom. The van der Waals surface area contributed by atoms with Gasteiger partial charge >= 0.3 is 6.03 Å². The number of guanidine groups is 1. The number of benzene rings is 3. The molecule has 4 N–H and O–H groups in total. The highest BCUT2D eigenvalue weighted by atomic mass is 35.5. The average molecular weight is 580 g/mol. The van der Waals surface area contributed by atoms with Crippen molar-refractivity contribution in [1.82, 2.24) is 5.32 Å². The first-order valence-electron chi connectivity index (χ1n) is 13.3. The third-order valence-electron chi connectivity index (χ3n) is 7.07. The zero-order chi connectivity index (χ0) is 28.5. The molecule has 1 aliphatic carbocycles. The fourth-order valence-electron chi connectivity index (χ4n) is 4.88. The molecule has 0 radical (unpaired) electrons. The average Bonchev–Trinajstić information content (AvgIpc) is 2.98. The summed E-state index contributed by atoms with van der Waals surface area (Å²) >= 11 is 12.2. The Balaban J connectivity index is 1.49. The number of nitrogens with two attached hydrogens (primary N) is 1. The van der Waals surface area contributed by atoms with Crippen LogP contribution < -0.4 is 16.0 Å². The monoisotopic (exact) mass is 578 g/mol. The van der Waals surface area contributed by atoms with E-state index in [1.165, 1.54) is 37.7 Å². The number of halogens is 2. The zero-order valence-corrected chi connectivity index (χ0v) is 23.6. The van der Waals surface area contributed by atoms with Gasteiger partial charge in [0, 0.05) is 17.8 Å². The van der Waals surface area contributed by atoms with Crippen molar-refractivity contribution in [2.45, 2.75) is 51.0 Å². The highest BCUT2D eigenvalue weighted by molar-refractivity contribution is 6.42. The third-order valence-corrected chi connectivity index (χ3v) is 7.81. The van der Waals surface area contributed by atoms with Gasteiger partial charge in [-0.3, -0.25) is 9.69 Å². The fraction of sp³-hybridized carbons (Fsp3) is 0.300. The Kier molecular flexibility index (Phi) is 10.3. The Hall–Kier alpha value is -3.75. The minimum atomic E-state index is -0.588. The van der Waals surface area contributed by atoms with E-state index in [9.17, 15) is 9.59 Å². The van der Waals surface area contributed by atoms with E-state index >= 15 is 0 Å². The smallest absolute Gasteiger partial charge is 0.322 e. The van der Waals surface area contributed by atoms with Crippen LogP contribution in [0, 0.1) is 5.53 Å². The molecular formula is C30H32Cl2N6O2. The molecule has 10 heteroatoms. The molecule has 40 heavy (non-hydrogen) atoms. The summed E-state index contributed by atoms with van der Waals surface area (Å²) in [4.78, 5) is 30.9. The maximum Gasteiger partial charge on any atom is 0.322 e. The lowest BCUT2D eigenvalue weighted by Gasteiger charge is -2.26. The van der Waals surface area contributed by atoms with Gasteiger partial charge in [0.1, 0.15) is 0 Å². The normalized spacial score (nSPS) is 14.0. The largest absolute Gasteiger partial charge is 0.366 e. The van der Waals surface area contributed by atoms with E-state index in [0.29, 0.717) is 41.0 Å². The molecule has 0 spiro atoms. The summed E-state index contributed by atoms with van der Waals surface area (Å²) in [6.45, 7) is 0.713. The first-order chi connectivity index (χ1) is 19.3. The zero-order valence-electron chi connectivity index (χ0n) is 22.1. The van der Waals surface area contributed by atoms with E-state index < -0.39 is 11.9 Å². The molecule has 4 rings (SSSR count). The van der Waals surface area contributed by atoms with Crippen LogP contribution in [0.5, 0.6) is 0 Å². The van der Waals surface area contributed by atoms with Crippen molar-refractivity contribution in [3.63, 3.8) is 0 Å². The van der Waals surface area contributed by atoms with E-state index in [0.717, 1.165) is 16.8 Å². The van der Waals surface area contributed by atoms with Crippen LogP contribution in [0.15, 0.2) is 76.8 Å². The van der Waals surface area contributed by atoms with Gasteiger partial charge in [0.25, 0.3) is 5.91 Å². The second-order valence-corrected chi connectivity index (χ2v) is 10.6. The summed E-state index contributed by atoms with van der Waals surface area (Å²) in [5.74, 6) is -0.425. The number of hydrogen-bond donors (Lipinski definition) is 3. The number of carbonyl (C=O) groups excluding carboxylic acids is 2. The Morgan fingerprint density at radius 3 is 2.25 bits per heavy atom. The van der Waals surface area contributed by atoms with Crippen LogP contribution in [0.2, 0.25) is 10.0 Å². The van der Waals surface area contributed by atoms with Gasteiger partial charge in [0.15, 0.2) is 0 Å². The Morgan fingerprint density at radius 1 is 0.925 bits per heavy atom. The molecule has 0 unspecified atom stereocenters. The molecule has 8 nitrogen and oxygen atoms in total. The van der Waals surface area contributed by atoms with Crippen molar-refractivity contribution >= 4 is 46.8 Å². The number of carbonyl (C=O) groups is 2. The maximum absolute atomic E-state index is 13.4. The van der Waals surface area contributed by atoms with Crippen LogP contribution in [0.1, 0.15) is 65.1 Å². The number of amides is 3. The van der Waals surface area contributed by atoms with Crippen molar-refractivity contribution < 1.29 is 9.59 Å². The van der Waals surface area contributed by atoms with Gasteiger partial charge in [0.05, 0.1) is 16.6 Å². The number of anilines is 1. The van der Waals surface area contributed by atoms with Crippen LogP contribution in [0.3, 0.4) is 0 Å². The summed E-state index contributed by atoms with van der Waals surface area (Å²) in [5, 5.41) is 6.93. The lowest BCUT2D eigenvalue weighted by Crippen LogP contribution is -2.40. The molecule has 0 atom stereocenters. The molecule has 3 aromatic carbocycles. The van der Waals surface area contributed by atoms with E-state index in [1.54, 1.807) is 41.3 Å². The second kappa shape index (κ2) is 14.1. The third kappa shape index (κ3) is 7.90. The van der Waals surface area contributed by atoms with Gasteiger partial charge in [-0.1, -0.05) is 72.8 Å². The topological polar surface area (TPSA) is 124 Å².